The van der Waals surface area contributed by atoms with Crippen molar-refractivity contribution in [3.05, 3.63) is 12.7 Å². The van der Waals surface area contributed by atoms with Gasteiger partial charge in [0.2, 0.25) is 0 Å². The minimum absolute atomic E-state index is 0.00165. The summed E-state index contributed by atoms with van der Waals surface area (Å²) in [6.07, 6.45) is 0.0783. The Bertz CT molecular complexity index is 632. The summed E-state index contributed by atoms with van der Waals surface area (Å²) in [4.78, 5) is 0. The van der Waals surface area contributed by atoms with Crippen LogP contribution in [0.2, 0.25) is 18.1 Å². The fraction of sp³-hybridized carbons (Fsp3) is 0.895. The third-order valence-electron chi connectivity index (χ3n) is 5.36. The lowest BCUT2D eigenvalue weighted by molar-refractivity contribution is 0.00478. The number of hydrogen-bond donors (Lipinski definition) is 0. The Balaban J connectivity index is 2.04. The third kappa shape index (κ3) is 6.23. The summed E-state index contributed by atoms with van der Waals surface area (Å²) in [7, 11) is -5.65. The van der Waals surface area contributed by atoms with Crippen molar-refractivity contribution in [1.82, 2.24) is 0 Å². The molecule has 7 atom stereocenters. The Hall–Kier alpha value is -0.0131. The molecule has 0 radical (unpaired) electrons. The van der Waals surface area contributed by atoms with Gasteiger partial charge in [0.25, 0.3) is 0 Å². The van der Waals surface area contributed by atoms with Crippen LogP contribution in [0.4, 0.5) is 0 Å². The van der Waals surface area contributed by atoms with Crippen LogP contribution in [0.3, 0.4) is 0 Å². The standard InChI is InChI=1S/C19H37O6PSi/c1-8-13-26(20,24-16-9-11-21-15(16)2)23-14-18-17(10-12-22-18)25-27(6,7)19(3,4)5/h8,15-18H,1,9-14H2,2-7H3/t15-,16-,17-,18-,26+/m1/s1/i2D,11T,12T/t11-,12-,15+,16+,17+,18+,26-/m0. The maximum absolute atomic E-state index is 13.3. The molecule has 27 heavy (non-hydrogen) atoms. The van der Waals surface area contributed by atoms with Crippen LogP contribution in [0.25, 0.3) is 0 Å². The van der Waals surface area contributed by atoms with E-state index < -0.39 is 47.4 Å². The number of hydrogen-bond acceptors (Lipinski definition) is 6. The maximum atomic E-state index is 13.3. The van der Waals surface area contributed by atoms with Gasteiger partial charge in [0.05, 0.1) is 33.8 Å². The van der Waals surface area contributed by atoms with E-state index in [1.807, 2.05) is 0 Å². The van der Waals surface area contributed by atoms with Gasteiger partial charge in [0.15, 0.2) is 8.32 Å². The van der Waals surface area contributed by atoms with E-state index >= 15 is 0 Å². The molecule has 8 heteroatoms. The van der Waals surface area contributed by atoms with Gasteiger partial charge in [-0.15, -0.1) is 6.58 Å². The molecule has 0 aromatic heterocycles. The first kappa shape index (κ1) is 19.0. The highest BCUT2D eigenvalue weighted by Gasteiger charge is 2.43. The van der Waals surface area contributed by atoms with E-state index in [1.165, 1.54) is 6.08 Å². The lowest BCUT2D eigenvalue weighted by Gasteiger charge is -2.39. The molecular weight excluding hydrogens is 383 g/mol. The molecule has 0 aliphatic carbocycles. The third-order valence-corrected chi connectivity index (χ3v) is 11.7. The fourth-order valence-electron chi connectivity index (χ4n) is 2.64. The summed E-state index contributed by atoms with van der Waals surface area (Å²) in [5, 5.41) is 0.0142. The number of ether oxygens (including phenoxy) is 2. The molecule has 2 rings (SSSR count). The smallest absolute Gasteiger partial charge is 0.334 e. The first-order chi connectivity index (χ1) is 13.8. The highest BCUT2D eigenvalue weighted by molar-refractivity contribution is 7.54. The van der Waals surface area contributed by atoms with Crippen molar-refractivity contribution < 1.29 is 31.6 Å². The summed E-state index contributed by atoms with van der Waals surface area (Å²) < 4.78 is 65.6. The van der Waals surface area contributed by atoms with Gasteiger partial charge in [0.1, 0.15) is 6.10 Å². The van der Waals surface area contributed by atoms with Crippen molar-refractivity contribution in [2.24, 2.45) is 0 Å². The largest absolute Gasteiger partial charge is 0.411 e. The van der Waals surface area contributed by atoms with E-state index in [0.717, 1.165) is 0 Å². The Kier molecular flexibility index (Phi) is 6.47. The molecule has 158 valence electrons. The van der Waals surface area contributed by atoms with E-state index in [9.17, 15) is 4.57 Å². The SMILES string of the molecule is [2H]C[C@H]1O[C@@H]([3H])C[C@H]1O[P@](=O)(CC=C)OC[C@H]1O[C@@H]([3H])C[C@H]1O[Si](C)(C)C(C)(C)C. The van der Waals surface area contributed by atoms with Crippen LogP contribution in [0.5, 0.6) is 0 Å². The first-order valence-electron chi connectivity index (χ1n) is 11.3. The zero-order valence-corrected chi connectivity index (χ0v) is 19.1. The molecule has 6 nitrogen and oxygen atoms in total. The molecule has 2 aliphatic rings. The van der Waals surface area contributed by atoms with E-state index in [0.29, 0.717) is 6.42 Å². The predicted octanol–water partition coefficient (Wildman–Crippen LogP) is 4.76. The summed E-state index contributed by atoms with van der Waals surface area (Å²) in [6, 6.07) is 0. The van der Waals surface area contributed by atoms with E-state index in [1.54, 1.807) is 0 Å². The Morgan fingerprint density at radius 2 is 2.00 bits per heavy atom. The van der Waals surface area contributed by atoms with Gasteiger partial charge in [0, 0.05) is 21.0 Å². The fourth-order valence-corrected chi connectivity index (χ4v) is 5.58. The highest BCUT2D eigenvalue weighted by Crippen LogP contribution is 2.51. The molecule has 0 aromatic carbocycles. The Morgan fingerprint density at radius 1 is 1.33 bits per heavy atom. The molecule has 0 amide bonds. The van der Waals surface area contributed by atoms with Crippen LogP contribution < -0.4 is 0 Å². The molecule has 0 bridgehead atoms. The summed E-state index contributed by atoms with van der Waals surface area (Å²) in [5.41, 5.74) is 0. The van der Waals surface area contributed by atoms with E-state index in [-0.39, 0.29) is 37.2 Å². The predicted molar refractivity (Wildman–Crippen MR) is 110 cm³/mol. The molecule has 0 spiro atoms. The molecular formula is C19H37O6PSi. The second-order valence-corrected chi connectivity index (χ2v) is 15.4. The molecule has 2 fully saturated rings. The molecule has 2 heterocycles. The average Bonchev–Trinajstić information content (AvgIpc) is 3.13. The number of allylic oxidation sites excluding steroid dienone is 1. The van der Waals surface area contributed by atoms with Crippen molar-refractivity contribution in [2.75, 3.05) is 25.9 Å². The van der Waals surface area contributed by atoms with Crippen LogP contribution in [0.15, 0.2) is 12.7 Å². The van der Waals surface area contributed by atoms with Crippen LogP contribution in [0.1, 0.15) is 44.6 Å². The minimum Gasteiger partial charge on any atom is -0.411 e. The molecule has 0 aromatic rings. The topological polar surface area (TPSA) is 63.2 Å². The minimum atomic E-state index is -3.58. The zero-order valence-electron chi connectivity index (χ0n) is 20.2. The molecule has 0 unspecified atom stereocenters. The molecule has 2 aliphatic heterocycles. The van der Waals surface area contributed by atoms with Crippen LogP contribution in [-0.4, -0.2) is 58.7 Å². The summed E-state index contributed by atoms with van der Waals surface area (Å²) in [6.45, 7) is 12.8. The van der Waals surface area contributed by atoms with Gasteiger partial charge >= 0.3 is 7.60 Å². The summed E-state index contributed by atoms with van der Waals surface area (Å²) in [5.74, 6) is 0. The van der Waals surface area contributed by atoms with Crippen molar-refractivity contribution in [3.63, 3.8) is 0 Å². The van der Waals surface area contributed by atoms with Gasteiger partial charge < -0.3 is 22.9 Å². The summed E-state index contributed by atoms with van der Waals surface area (Å²) >= 11 is 0. The lowest BCUT2D eigenvalue weighted by Crippen LogP contribution is -2.46. The van der Waals surface area contributed by atoms with Gasteiger partial charge in [-0.05, 0) is 31.5 Å². The van der Waals surface area contributed by atoms with Crippen molar-refractivity contribution >= 4 is 15.9 Å². The van der Waals surface area contributed by atoms with Crippen LogP contribution in [-0.2, 0) is 27.5 Å². The quantitative estimate of drug-likeness (QED) is 0.302. The van der Waals surface area contributed by atoms with Gasteiger partial charge in [-0.2, -0.15) is 0 Å². The first-order valence-corrected chi connectivity index (χ1v) is 14.1. The Labute approximate surface area is 169 Å². The second-order valence-electron chi connectivity index (χ2n) is 8.59. The van der Waals surface area contributed by atoms with Crippen LogP contribution >= 0.6 is 7.60 Å². The van der Waals surface area contributed by atoms with Gasteiger partial charge in [-0.1, -0.05) is 26.8 Å². The van der Waals surface area contributed by atoms with E-state index in [2.05, 4.69) is 40.4 Å². The molecule has 2 saturated heterocycles. The monoisotopic (exact) mass is 425 g/mol. The van der Waals surface area contributed by atoms with Crippen molar-refractivity contribution in [1.29, 1.82) is 0 Å². The normalized spacial score (nSPS) is 38.8. The number of rotatable bonds is 9. The van der Waals surface area contributed by atoms with Crippen molar-refractivity contribution in [2.45, 2.75) is 83.1 Å². The maximum Gasteiger partial charge on any atom is 0.334 e. The lowest BCUT2D eigenvalue weighted by atomic mass is 10.2. The highest BCUT2D eigenvalue weighted by atomic mass is 31.2. The Morgan fingerprint density at radius 3 is 2.63 bits per heavy atom. The zero-order chi connectivity index (χ0) is 22.7. The molecule has 0 saturated carbocycles. The van der Waals surface area contributed by atoms with Gasteiger partial charge in [-0.25, -0.2) is 0 Å². The molecule has 0 N–H and O–H groups in total. The second kappa shape index (κ2) is 9.20. The van der Waals surface area contributed by atoms with Crippen molar-refractivity contribution in [3.8, 4) is 0 Å². The average molecular weight is 426 g/mol. The van der Waals surface area contributed by atoms with E-state index in [4.69, 9.17) is 27.1 Å². The van der Waals surface area contributed by atoms with Gasteiger partial charge in [-0.3, -0.25) is 4.57 Å². The van der Waals surface area contributed by atoms with Crippen LogP contribution in [0, 0.1) is 0 Å².